The normalized spacial score (nSPS) is 13.7. The molecule has 5 N–H and O–H groups in total. The average molecular weight is 656 g/mol. The summed E-state index contributed by atoms with van der Waals surface area (Å²) in [5.74, 6) is -1.15. The van der Waals surface area contributed by atoms with Crippen LogP contribution in [0.25, 0.3) is 10.8 Å². The number of amides is 3. The monoisotopic (exact) mass is 655 g/mol. The Morgan fingerprint density at radius 3 is 2.25 bits per heavy atom. The number of hydrogen-bond acceptors (Lipinski definition) is 7. The van der Waals surface area contributed by atoms with Crippen molar-refractivity contribution in [3.05, 3.63) is 102 Å². The van der Waals surface area contributed by atoms with Gasteiger partial charge in [-0.05, 0) is 34.2 Å². The van der Waals surface area contributed by atoms with Crippen molar-refractivity contribution in [1.29, 1.82) is 0 Å². The van der Waals surface area contributed by atoms with Gasteiger partial charge in [-0.3, -0.25) is 14.4 Å². The number of alkyl carbamates (subject to hydrolysis) is 1. The standard InChI is InChI=1S/C37H45N5O6/c1-4-29(43)20-34(44)31(17-24(2)3)40-36(46)33(19-28-21-38-23-39-28)41-35(45)32(42-37(47)48-22-25-11-6-5-7-12-25)18-27-15-10-14-26-13-8-9-16-30(26)27/h5-16,21,23-24,31-34,44H,4,17-20,22H2,1-3H3,(H,38,39)(H,40,46)(H,41,45)(H,42,47)/t31?,32-,33-,34?/m0/s1. The lowest BCUT2D eigenvalue weighted by Gasteiger charge is -2.28. The van der Waals surface area contributed by atoms with Gasteiger partial charge in [-0.15, -0.1) is 0 Å². The minimum atomic E-state index is -1.11. The van der Waals surface area contributed by atoms with Crippen molar-refractivity contribution < 1.29 is 29.0 Å². The van der Waals surface area contributed by atoms with Crippen molar-refractivity contribution in [2.75, 3.05) is 0 Å². The topological polar surface area (TPSA) is 163 Å². The van der Waals surface area contributed by atoms with Gasteiger partial charge in [-0.1, -0.05) is 93.6 Å². The quantitative estimate of drug-likeness (QED) is 0.113. The van der Waals surface area contributed by atoms with E-state index < -0.39 is 42.1 Å². The van der Waals surface area contributed by atoms with E-state index in [9.17, 15) is 24.3 Å². The van der Waals surface area contributed by atoms with Crippen molar-refractivity contribution in [2.24, 2.45) is 5.92 Å². The van der Waals surface area contributed by atoms with Gasteiger partial charge in [-0.25, -0.2) is 9.78 Å². The first-order valence-corrected chi connectivity index (χ1v) is 16.3. The van der Waals surface area contributed by atoms with Crippen LogP contribution < -0.4 is 16.0 Å². The number of imidazole rings is 1. The molecule has 48 heavy (non-hydrogen) atoms. The fourth-order valence-corrected chi connectivity index (χ4v) is 5.52. The van der Waals surface area contributed by atoms with Crippen molar-refractivity contribution in [1.82, 2.24) is 25.9 Å². The molecule has 3 amide bonds. The van der Waals surface area contributed by atoms with Gasteiger partial charge >= 0.3 is 6.09 Å². The Morgan fingerprint density at radius 1 is 0.854 bits per heavy atom. The molecule has 0 saturated heterocycles. The van der Waals surface area contributed by atoms with Gasteiger partial charge < -0.3 is 30.8 Å². The van der Waals surface area contributed by atoms with Crippen LogP contribution in [0.5, 0.6) is 0 Å². The van der Waals surface area contributed by atoms with Gasteiger partial charge in [0.1, 0.15) is 24.5 Å². The number of ketones is 1. The Kier molecular flexibility index (Phi) is 13.3. The van der Waals surface area contributed by atoms with E-state index in [-0.39, 0.29) is 44.0 Å². The van der Waals surface area contributed by atoms with Crippen molar-refractivity contribution in [3.8, 4) is 0 Å². The molecule has 4 rings (SSSR count). The zero-order valence-corrected chi connectivity index (χ0v) is 27.6. The highest BCUT2D eigenvalue weighted by Crippen LogP contribution is 2.20. The number of carbonyl (C=O) groups is 4. The van der Waals surface area contributed by atoms with E-state index in [1.165, 1.54) is 6.33 Å². The lowest BCUT2D eigenvalue weighted by molar-refractivity contribution is -0.131. The van der Waals surface area contributed by atoms with Crippen LogP contribution in [0, 0.1) is 5.92 Å². The lowest BCUT2D eigenvalue weighted by atomic mass is 9.95. The predicted octanol–water partition coefficient (Wildman–Crippen LogP) is 4.39. The summed E-state index contributed by atoms with van der Waals surface area (Å²) in [7, 11) is 0. The maximum absolute atomic E-state index is 14.0. The van der Waals surface area contributed by atoms with Gasteiger partial charge in [0.25, 0.3) is 0 Å². The molecule has 3 aromatic carbocycles. The number of hydrogen-bond donors (Lipinski definition) is 5. The minimum absolute atomic E-state index is 0.0135. The molecule has 0 bridgehead atoms. The second-order valence-electron chi connectivity index (χ2n) is 12.3. The molecule has 0 fully saturated rings. The summed E-state index contributed by atoms with van der Waals surface area (Å²) < 4.78 is 5.45. The fraction of sp³-hybridized carbons (Fsp3) is 0.378. The molecular formula is C37H45N5O6. The van der Waals surface area contributed by atoms with E-state index in [1.807, 2.05) is 86.6 Å². The van der Waals surface area contributed by atoms with Gasteiger partial charge in [-0.2, -0.15) is 0 Å². The number of fused-ring (bicyclic) bond motifs is 1. The molecule has 0 aliphatic carbocycles. The summed E-state index contributed by atoms with van der Waals surface area (Å²) in [4.78, 5) is 60.1. The largest absolute Gasteiger partial charge is 0.445 e. The van der Waals surface area contributed by atoms with Crippen molar-refractivity contribution in [3.63, 3.8) is 0 Å². The summed E-state index contributed by atoms with van der Waals surface area (Å²) in [5, 5.41) is 21.2. The summed E-state index contributed by atoms with van der Waals surface area (Å²) >= 11 is 0. The average Bonchev–Trinajstić information content (AvgIpc) is 3.60. The third-order valence-corrected chi connectivity index (χ3v) is 8.07. The number of benzene rings is 3. The fourth-order valence-electron chi connectivity index (χ4n) is 5.52. The number of Topliss-reactive ketones (excluding diaryl/α,β-unsaturated/α-hetero) is 1. The Hall–Kier alpha value is -5.03. The Labute approximate surface area is 280 Å². The molecule has 0 aliphatic heterocycles. The lowest BCUT2D eigenvalue weighted by Crippen LogP contribution is -2.57. The maximum Gasteiger partial charge on any atom is 0.408 e. The first-order valence-electron chi connectivity index (χ1n) is 16.3. The van der Waals surface area contributed by atoms with Crippen molar-refractivity contribution >= 4 is 34.5 Å². The van der Waals surface area contributed by atoms with E-state index >= 15 is 0 Å². The molecule has 0 spiro atoms. The zero-order valence-electron chi connectivity index (χ0n) is 27.6. The molecule has 0 radical (unpaired) electrons. The van der Waals surface area contributed by atoms with Crippen LogP contribution in [0.4, 0.5) is 4.79 Å². The number of nitrogens with zero attached hydrogens (tertiary/aromatic N) is 1. The van der Waals surface area contributed by atoms with E-state index in [0.717, 1.165) is 21.9 Å². The van der Waals surface area contributed by atoms with Gasteiger partial charge in [0, 0.05) is 31.9 Å². The molecule has 2 unspecified atom stereocenters. The second kappa shape index (κ2) is 17.8. The molecule has 1 aromatic heterocycles. The molecule has 0 saturated carbocycles. The summed E-state index contributed by atoms with van der Waals surface area (Å²) in [6.07, 6.45) is 1.99. The summed E-state index contributed by atoms with van der Waals surface area (Å²) in [5.41, 5.74) is 2.14. The molecule has 11 heteroatoms. The zero-order chi connectivity index (χ0) is 34.5. The highest BCUT2D eigenvalue weighted by Gasteiger charge is 2.31. The second-order valence-corrected chi connectivity index (χ2v) is 12.3. The first kappa shape index (κ1) is 35.8. The molecule has 1 heterocycles. The number of aromatic nitrogens is 2. The van der Waals surface area contributed by atoms with Gasteiger partial charge in [0.15, 0.2) is 0 Å². The number of aromatic amines is 1. The van der Waals surface area contributed by atoms with E-state index in [2.05, 4.69) is 25.9 Å². The summed E-state index contributed by atoms with van der Waals surface area (Å²) in [6.45, 7) is 5.65. The van der Waals surface area contributed by atoms with Crippen LogP contribution in [0.15, 0.2) is 85.3 Å². The van der Waals surface area contributed by atoms with Crippen LogP contribution in [0.3, 0.4) is 0 Å². The summed E-state index contributed by atoms with van der Waals surface area (Å²) in [6, 6.07) is 19.8. The van der Waals surface area contributed by atoms with Gasteiger partial charge in [0.05, 0.1) is 24.2 Å². The van der Waals surface area contributed by atoms with E-state index in [4.69, 9.17) is 4.74 Å². The molecule has 4 aromatic rings. The highest BCUT2D eigenvalue weighted by molar-refractivity contribution is 5.93. The minimum Gasteiger partial charge on any atom is -0.445 e. The van der Waals surface area contributed by atoms with Crippen LogP contribution >= 0.6 is 0 Å². The van der Waals surface area contributed by atoms with Crippen LogP contribution in [-0.2, 0) is 38.6 Å². The van der Waals surface area contributed by atoms with Crippen molar-refractivity contribution in [2.45, 2.75) is 83.7 Å². The smallest absolute Gasteiger partial charge is 0.408 e. The third-order valence-electron chi connectivity index (χ3n) is 8.07. The van der Waals surface area contributed by atoms with E-state index in [1.54, 1.807) is 13.1 Å². The predicted molar refractivity (Wildman–Crippen MR) is 183 cm³/mol. The number of aliphatic hydroxyl groups excluding tert-OH is 1. The molecule has 4 atom stereocenters. The van der Waals surface area contributed by atoms with Crippen LogP contribution in [0.1, 0.15) is 56.9 Å². The molecular weight excluding hydrogens is 610 g/mol. The molecule has 11 nitrogen and oxygen atoms in total. The third kappa shape index (κ3) is 10.8. The number of H-pyrrole nitrogens is 1. The Bertz CT molecular complexity index is 1640. The van der Waals surface area contributed by atoms with Gasteiger partial charge in [0.2, 0.25) is 11.8 Å². The van der Waals surface area contributed by atoms with E-state index in [0.29, 0.717) is 12.1 Å². The highest BCUT2D eigenvalue weighted by atomic mass is 16.5. The number of aliphatic hydroxyl groups is 1. The Balaban J connectivity index is 1.57. The number of rotatable bonds is 17. The number of ether oxygens (including phenoxy) is 1. The number of carbonyl (C=O) groups excluding carboxylic acids is 4. The number of nitrogens with one attached hydrogen (secondary N) is 4. The maximum atomic E-state index is 14.0. The molecule has 254 valence electrons. The first-order chi connectivity index (χ1) is 23.1. The van der Waals surface area contributed by atoms with Crippen LogP contribution in [-0.4, -0.2) is 63.0 Å². The SMILES string of the molecule is CCC(=O)CC(O)C(CC(C)C)NC(=O)[C@H](Cc1c[nH]cn1)NC(=O)[C@H](Cc1cccc2ccccc12)NC(=O)OCc1ccccc1. The Morgan fingerprint density at radius 2 is 1.54 bits per heavy atom. The van der Waals surface area contributed by atoms with Crippen LogP contribution in [0.2, 0.25) is 0 Å². The molecule has 0 aliphatic rings.